The van der Waals surface area contributed by atoms with Gasteiger partial charge in [0, 0.05) is 32.5 Å². The van der Waals surface area contributed by atoms with Crippen molar-refractivity contribution in [1.29, 1.82) is 0 Å². The standard InChI is InChI=1S/C15H20N2O3/c1-20-14-6-4-12(5-7-14)11-17-10-2-3-13(18)8-9-16-15(17)19/h4-7H,2-3,8-11H2,1H3,(H,16,19). The fourth-order valence-electron chi connectivity index (χ4n) is 2.22. The average Bonchev–Trinajstić information content (AvgIpc) is 2.53. The summed E-state index contributed by atoms with van der Waals surface area (Å²) in [6, 6.07) is 7.56. The topological polar surface area (TPSA) is 58.6 Å². The van der Waals surface area contributed by atoms with E-state index in [1.807, 2.05) is 24.3 Å². The van der Waals surface area contributed by atoms with Gasteiger partial charge in [0.15, 0.2) is 0 Å². The van der Waals surface area contributed by atoms with Crippen LogP contribution in [0, 0.1) is 0 Å². The van der Waals surface area contributed by atoms with Crippen molar-refractivity contribution in [3.63, 3.8) is 0 Å². The molecule has 0 bridgehead atoms. The number of nitrogens with zero attached hydrogens (tertiary/aromatic N) is 1. The third-order valence-electron chi connectivity index (χ3n) is 3.38. The van der Waals surface area contributed by atoms with E-state index in [9.17, 15) is 9.59 Å². The van der Waals surface area contributed by atoms with Crippen LogP contribution in [0.3, 0.4) is 0 Å². The first-order chi connectivity index (χ1) is 9.69. The van der Waals surface area contributed by atoms with Crippen LogP contribution >= 0.6 is 0 Å². The van der Waals surface area contributed by atoms with Gasteiger partial charge in [-0.25, -0.2) is 4.79 Å². The van der Waals surface area contributed by atoms with Crippen molar-refractivity contribution in [1.82, 2.24) is 10.2 Å². The Kier molecular flexibility index (Phi) is 4.98. The highest BCUT2D eigenvalue weighted by molar-refractivity contribution is 5.80. The average molecular weight is 276 g/mol. The van der Waals surface area contributed by atoms with Gasteiger partial charge in [-0.2, -0.15) is 0 Å². The smallest absolute Gasteiger partial charge is 0.317 e. The maximum Gasteiger partial charge on any atom is 0.317 e. The number of benzene rings is 1. The summed E-state index contributed by atoms with van der Waals surface area (Å²) >= 11 is 0. The van der Waals surface area contributed by atoms with Gasteiger partial charge in [0.2, 0.25) is 0 Å². The molecular formula is C15H20N2O3. The van der Waals surface area contributed by atoms with Crippen LogP contribution in [0.2, 0.25) is 0 Å². The summed E-state index contributed by atoms with van der Waals surface area (Å²) in [5.41, 5.74) is 1.05. The van der Waals surface area contributed by atoms with Crippen molar-refractivity contribution >= 4 is 11.8 Å². The predicted octanol–water partition coefficient (Wildman–Crippen LogP) is 1.96. The van der Waals surface area contributed by atoms with Crippen LogP contribution in [0.25, 0.3) is 0 Å². The largest absolute Gasteiger partial charge is 0.497 e. The Labute approximate surface area is 118 Å². The highest BCUT2D eigenvalue weighted by Gasteiger charge is 2.16. The van der Waals surface area contributed by atoms with E-state index in [0.29, 0.717) is 32.5 Å². The molecule has 1 fully saturated rings. The Bertz CT molecular complexity index is 471. The van der Waals surface area contributed by atoms with Gasteiger partial charge in [0.05, 0.1) is 7.11 Å². The highest BCUT2D eigenvalue weighted by atomic mass is 16.5. The van der Waals surface area contributed by atoms with E-state index in [0.717, 1.165) is 17.7 Å². The molecule has 1 aliphatic heterocycles. The van der Waals surface area contributed by atoms with E-state index >= 15 is 0 Å². The first kappa shape index (κ1) is 14.4. The molecule has 1 saturated heterocycles. The normalized spacial score (nSPS) is 16.9. The van der Waals surface area contributed by atoms with Crippen molar-refractivity contribution in [2.45, 2.75) is 25.8 Å². The summed E-state index contributed by atoms with van der Waals surface area (Å²) in [5, 5.41) is 2.79. The van der Waals surface area contributed by atoms with E-state index in [2.05, 4.69) is 5.32 Å². The number of amides is 2. The van der Waals surface area contributed by atoms with Crippen LogP contribution in [0.4, 0.5) is 4.79 Å². The Morgan fingerprint density at radius 1 is 1.20 bits per heavy atom. The Balaban J connectivity index is 2.00. The molecule has 0 aromatic heterocycles. The lowest BCUT2D eigenvalue weighted by atomic mass is 10.1. The van der Waals surface area contributed by atoms with Crippen LogP contribution < -0.4 is 10.1 Å². The SMILES string of the molecule is COc1ccc(CN2CCCC(=O)CCNC2=O)cc1. The molecule has 20 heavy (non-hydrogen) atoms. The molecule has 2 rings (SSSR count). The molecule has 5 heteroatoms. The minimum atomic E-state index is -0.101. The van der Waals surface area contributed by atoms with E-state index < -0.39 is 0 Å². The number of hydrogen-bond donors (Lipinski definition) is 1. The van der Waals surface area contributed by atoms with Crippen molar-refractivity contribution in [3.8, 4) is 5.75 Å². The fourth-order valence-corrected chi connectivity index (χ4v) is 2.22. The molecule has 0 atom stereocenters. The van der Waals surface area contributed by atoms with Gasteiger partial charge < -0.3 is 15.0 Å². The maximum absolute atomic E-state index is 12.0. The second-order valence-electron chi connectivity index (χ2n) is 4.89. The number of ether oxygens (including phenoxy) is 1. The number of hydrogen-bond acceptors (Lipinski definition) is 3. The minimum absolute atomic E-state index is 0.101. The second-order valence-corrected chi connectivity index (χ2v) is 4.89. The van der Waals surface area contributed by atoms with Crippen LogP contribution in [0.1, 0.15) is 24.8 Å². The Morgan fingerprint density at radius 3 is 2.65 bits per heavy atom. The van der Waals surface area contributed by atoms with Gasteiger partial charge in [-0.05, 0) is 24.1 Å². The van der Waals surface area contributed by atoms with E-state index in [-0.39, 0.29) is 11.8 Å². The predicted molar refractivity (Wildman–Crippen MR) is 75.7 cm³/mol. The number of rotatable bonds is 3. The number of urea groups is 1. The lowest BCUT2D eigenvalue weighted by Crippen LogP contribution is -2.39. The summed E-state index contributed by atoms with van der Waals surface area (Å²) < 4.78 is 5.11. The first-order valence-electron chi connectivity index (χ1n) is 6.86. The molecular weight excluding hydrogens is 256 g/mol. The van der Waals surface area contributed by atoms with Gasteiger partial charge >= 0.3 is 6.03 Å². The molecule has 1 N–H and O–H groups in total. The molecule has 0 spiro atoms. The van der Waals surface area contributed by atoms with Crippen LogP contribution in [-0.2, 0) is 11.3 Å². The van der Waals surface area contributed by atoms with Gasteiger partial charge in [-0.15, -0.1) is 0 Å². The number of methoxy groups -OCH3 is 1. The molecule has 0 radical (unpaired) electrons. The lowest BCUT2D eigenvalue weighted by Gasteiger charge is -2.22. The van der Waals surface area contributed by atoms with Gasteiger partial charge in [0.1, 0.15) is 11.5 Å². The monoisotopic (exact) mass is 276 g/mol. The molecule has 1 heterocycles. The third-order valence-corrected chi connectivity index (χ3v) is 3.38. The Hall–Kier alpha value is -2.04. The molecule has 2 amide bonds. The number of ketones is 1. The fraction of sp³-hybridized carbons (Fsp3) is 0.467. The van der Waals surface area contributed by atoms with Gasteiger partial charge in [-0.3, -0.25) is 4.79 Å². The zero-order chi connectivity index (χ0) is 14.4. The molecule has 5 nitrogen and oxygen atoms in total. The molecule has 1 aromatic carbocycles. The summed E-state index contributed by atoms with van der Waals surface area (Å²) in [4.78, 5) is 25.2. The summed E-state index contributed by atoms with van der Waals surface area (Å²) in [6.07, 6.45) is 1.71. The minimum Gasteiger partial charge on any atom is -0.497 e. The van der Waals surface area contributed by atoms with Gasteiger partial charge in [-0.1, -0.05) is 12.1 Å². The van der Waals surface area contributed by atoms with E-state index in [1.165, 1.54) is 0 Å². The number of carbonyl (C=O) groups is 2. The quantitative estimate of drug-likeness (QED) is 0.918. The molecule has 1 aromatic rings. The molecule has 1 aliphatic rings. The summed E-state index contributed by atoms with van der Waals surface area (Å²) in [6.45, 7) is 1.57. The van der Waals surface area contributed by atoms with Crippen molar-refractivity contribution < 1.29 is 14.3 Å². The molecule has 0 aliphatic carbocycles. The summed E-state index contributed by atoms with van der Waals surface area (Å²) in [7, 11) is 1.63. The van der Waals surface area contributed by atoms with E-state index in [4.69, 9.17) is 4.74 Å². The number of Topliss-reactive ketones (excluding diaryl/α,β-unsaturated/α-hetero) is 1. The van der Waals surface area contributed by atoms with Crippen molar-refractivity contribution in [3.05, 3.63) is 29.8 Å². The van der Waals surface area contributed by atoms with Gasteiger partial charge in [0.25, 0.3) is 0 Å². The highest BCUT2D eigenvalue weighted by Crippen LogP contribution is 2.14. The number of carbonyl (C=O) groups excluding carboxylic acids is 2. The van der Waals surface area contributed by atoms with Crippen molar-refractivity contribution in [2.24, 2.45) is 0 Å². The van der Waals surface area contributed by atoms with Crippen molar-refractivity contribution in [2.75, 3.05) is 20.2 Å². The zero-order valence-electron chi connectivity index (χ0n) is 11.7. The van der Waals surface area contributed by atoms with Crippen LogP contribution in [0.5, 0.6) is 5.75 Å². The number of nitrogens with one attached hydrogen (secondary N) is 1. The molecule has 0 saturated carbocycles. The zero-order valence-corrected chi connectivity index (χ0v) is 11.7. The molecule has 0 unspecified atom stereocenters. The Morgan fingerprint density at radius 2 is 1.95 bits per heavy atom. The third kappa shape index (κ3) is 3.98. The first-order valence-corrected chi connectivity index (χ1v) is 6.86. The van der Waals surface area contributed by atoms with Crippen LogP contribution in [0.15, 0.2) is 24.3 Å². The van der Waals surface area contributed by atoms with E-state index in [1.54, 1.807) is 12.0 Å². The summed E-state index contributed by atoms with van der Waals surface area (Å²) in [5.74, 6) is 1.02. The van der Waals surface area contributed by atoms with Crippen LogP contribution in [-0.4, -0.2) is 36.9 Å². The molecule has 108 valence electrons. The lowest BCUT2D eigenvalue weighted by molar-refractivity contribution is -0.119. The maximum atomic E-state index is 12.0. The second kappa shape index (κ2) is 6.93.